The van der Waals surface area contributed by atoms with E-state index in [2.05, 4.69) is 15.6 Å². The molecule has 3 aliphatic heterocycles. The lowest BCUT2D eigenvalue weighted by Gasteiger charge is -2.49. The van der Waals surface area contributed by atoms with Crippen LogP contribution in [-0.2, 0) is 25.5 Å². The summed E-state index contributed by atoms with van der Waals surface area (Å²) in [5.74, 6) is -4.34. The Kier molecular flexibility index (Phi) is 8.52. The van der Waals surface area contributed by atoms with Gasteiger partial charge in [0.15, 0.2) is 11.6 Å². The first-order valence-corrected chi connectivity index (χ1v) is 17.3. The molecule has 7 rings (SSSR count). The first-order valence-electron chi connectivity index (χ1n) is 15.4. The number of carbonyl (C=O) groups is 5. The van der Waals surface area contributed by atoms with Crippen LogP contribution in [0.3, 0.4) is 0 Å². The van der Waals surface area contributed by atoms with Crippen molar-refractivity contribution in [3.63, 3.8) is 0 Å². The number of carboxylic acid groups (broad SMARTS) is 2. The monoisotopic (exact) mass is 712 g/mol. The third-order valence-electron chi connectivity index (χ3n) is 8.78. The summed E-state index contributed by atoms with van der Waals surface area (Å²) < 4.78 is 22.2. The van der Waals surface area contributed by atoms with Gasteiger partial charge >= 0.3 is 18.0 Å². The Morgan fingerprint density at radius 1 is 1.10 bits per heavy atom. The van der Waals surface area contributed by atoms with Gasteiger partial charge in [0.25, 0.3) is 5.91 Å². The molecule has 0 spiro atoms. The van der Waals surface area contributed by atoms with E-state index in [4.69, 9.17) is 4.74 Å². The van der Waals surface area contributed by atoms with Crippen molar-refractivity contribution in [2.45, 2.75) is 49.2 Å². The number of rotatable bonds is 10. The average molecular weight is 713 g/mol. The predicted octanol–water partition coefficient (Wildman–Crippen LogP) is 1.92. The summed E-state index contributed by atoms with van der Waals surface area (Å²) in [4.78, 5) is 82.7. The number of β-lactam (4-membered cyclic amide) rings is 1. The lowest BCUT2D eigenvalue weighted by atomic mass is 10.0. The number of halogens is 1. The molecule has 3 aromatic heterocycles. The largest absolute Gasteiger partial charge is 0.477 e. The number of thioether (sulfide) groups is 1. The maximum atomic E-state index is 15.3. The van der Waals surface area contributed by atoms with Crippen LogP contribution in [0.15, 0.2) is 45.8 Å². The zero-order valence-electron chi connectivity index (χ0n) is 25.6. The molecule has 18 heteroatoms. The van der Waals surface area contributed by atoms with Crippen LogP contribution in [0.2, 0.25) is 0 Å². The fourth-order valence-corrected chi connectivity index (χ4v) is 8.30. The Labute approximate surface area is 284 Å². The van der Waals surface area contributed by atoms with Crippen LogP contribution in [-0.4, -0.2) is 97.4 Å². The van der Waals surface area contributed by atoms with Gasteiger partial charge in [0.1, 0.15) is 34.9 Å². The number of pyridine rings is 2. The van der Waals surface area contributed by atoms with Crippen LogP contribution in [0.5, 0.6) is 0 Å². The maximum absolute atomic E-state index is 15.3. The summed E-state index contributed by atoms with van der Waals surface area (Å²) in [7, 11) is 0. The van der Waals surface area contributed by atoms with E-state index in [1.165, 1.54) is 29.3 Å². The number of amides is 3. The Hall–Kier alpha value is -4.97. The molecule has 6 heterocycles. The summed E-state index contributed by atoms with van der Waals surface area (Å²) in [6.07, 6.45) is 2.48. The van der Waals surface area contributed by atoms with Gasteiger partial charge in [-0.15, -0.1) is 23.1 Å². The molecule has 3 aromatic rings. The molecule has 0 aromatic carbocycles. The zero-order valence-corrected chi connectivity index (χ0v) is 27.2. The first kappa shape index (κ1) is 32.6. The highest BCUT2D eigenvalue weighted by Gasteiger charge is 2.54. The second-order valence-corrected chi connectivity index (χ2v) is 14.2. The summed E-state index contributed by atoms with van der Waals surface area (Å²) >= 11 is 2.67. The number of thiophene rings is 1. The van der Waals surface area contributed by atoms with E-state index in [1.54, 1.807) is 9.47 Å². The standard InChI is InChI=1S/C31H29FN6O9S2/c32-20-9-18-24(40)19(29(42)43)11-37(16-3-4-16)25(18)35-26(20)36-6-5-15(10-36)33-31(46)47-12-14-13-49-28-22(27(41)38(28)23(14)30(44)45)34-21(39)8-17-2-1-7-48-17/h1-2,7,9,11,15-16,22,28H,3-6,8,10,12-13H2,(H,33,46)(H,34,39)(H,42,43)(H,44,45)/t15?,22-,28-/m1/s1. The molecule has 0 bridgehead atoms. The van der Waals surface area contributed by atoms with E-state index in [0.29, 0.717) is 13.0 Å². The highest BCUT2D eigenvalue weighted by molar-refractivity contribution is 8.00. The van der Waals surface area contributed by atoms with Crippen LogP contribution >= 0.6 is 23.1 Å². The van der Waals surface area contributed by atoms with Crippen molar-refractivity contribution in [2.24, 2.45) is 0 Å². The van der Waals surface area contributed by atoms with Gasteiger partial charge in [0.05, 0.1) is 17.8 Å². The van der Waals surface area contributed by atoms with Gasteiger partial charge in [-0.3, -0.25) is 19.3 Å². The molecule has 3 atom stereocenters. The van der Waals surface area contributed by atoms with Crippen molar-refractivity contribution < 1.29 is 43.3 Å². The van der Waals surface area contributed by atoms with E-state index in [9.17, 15) is 39.0 Å². The second kappa shape index (κ2) is 12.8. The number of nitrogens with zero attached hydrogens (tertiary/aromatic N) is 4. The number of aromatic carboxylic acids is 1. The zero-order chi connectivity index (χ0) is 34.6. The number of hydrogen-bond acceptors (Lipinski definition) is 11. The van der Waals surface area contributed by atoms with E-state index in [1.807, 2.05) is 17.5 Å². The maximum Gasteiger partial charge on any atom is 0.407 e. The van der Waals surface area contributed by atoms with E-state index in [0.717, 1.165) is 28.7 Å². The van der Waals surface area contributed by atoms with Crippen LogP contribution in [0.4, 0.5) is 15.0 Å². The lowest BCUT2D eigenvalue weighted by Crippen LogP contribution is -2.70. The summed E-state index contributed by atoms with van der Waals surface area (Å²) in [6.45, 7) is 0.0876. The quantitative estimate of drug-likeness (QED) is 0.223. The molecule has 4 N–H and O–H groups in total. The Bertz CT molecular complexity index is 2000. The fourth-order valence-electron chi connectivity index (χ4n) is 6.26. The molecule has 1 saturated carbocycles. The lowest BCUT2D eigenvalue weighted by molar-refractivity contribution is -0.150. The molecular weight excluding hydrogens is 684 g/mol. The van der Waals surface area contributed by atoms with E-state index in [-0.39, 0.29) is 65.4 Å². The van der Waals surface area contributed by atoms with Gasteiger partial charge in [-0.2, -0.15) is 0 Å². The third kappa shape index (κ3) is 6.21. The van der Waals surface area contributed by atoms with E-state index < -0.39 is 58.2 Å². The SMILES string of the molecule is O=C(Cc1cccs1)N[C@@H]1C(=O)N2C(C(=O)O)=C(COC(=O)NC3CCN(c4nc5c(cc4F)c(=O)c(C(=O)O)cn5C4CC4)C3)CS[C@H]12. The molecule has 1 aliphatic carbocycles. The molecule has 3 fully saturated rings. The van der Waals surface area contributed by atoms with Crippen molar-refractivity contribution in [3.8, 4) is 0 Å². The molecule has 1 unspecified atom stereocenters. The number of ether oxygens (including phenoxy) is 1. The molecule has 3 amide bonds. The van der Waals surface area contributed by atoms with Gasteiger partial charge in [0.2, 0.25) is 11.3 Å². The van der Waals surface area contributed by atoms with Crippen molar-refractivity contribution >= 4 is 69.8 Å². The average Bonchev–Trinajstić information content (AvgIpc) is 3.58. The van der Waals surface area contributed by atoms with Crippen LogP contribution in [0, 0.1) is 5.82 Å². The van der Waals surface area contributed by atoms with Crippen molar-refractivity contribution in [1.82, 2.24) is 25.1 Å². The number of fused-ring (bicyclic) bond motifs is 2. The number of anilines is 1. The summed E-state index contributed by atoms with van der Waals surface area (Å²) in [5.41, 5.74) is -1.14. The van der Waals surface area contributed by atoms with E-state index >= 15 is 4.39 Å². The van der Waals surface area contributed by atoms with Crippen molar-refractivity contribution in [2.75, 3.05) is 30.3 Å². The minimum Gasteiger partial charge on any atom is -0.477 e. The van der Waals surface area contributed by atoms with Crippen LogP contribution in [0.1, 0.15) is 40.5 Å². The smallest absolute Gasteiger partial charge is 0.407 e. The number of alkyl carbamates (subject to hydrolysis) is 1. The minimum atomic E-state index is -1.40. The van der Waals surface area contributed by atoms with Gasteiger partial charge in [-0.25, -0.2) is 23.8 Å². The molecule has 49 heavy (non-hydrogen) atoms. The Balaban J connectivity index is 0.976. The topological polar surface area (TPSA) is 200 Å². The number of aromatic nitrogens is 2. The third-order valence-corrected chi connectivity index (χ3v) is 11.0. The van der Waals surface area contributed by atoms with Crippen molar-refractivity contribution in [3.05, 3.63) is 67.5 Å². The van der Waals surface area contributed by atoms with Gasteiger partial charge in [-0.1, -0.05) is 6.07 Å². The van der Waals surface area contributed by atoms with Crippen LogP contribution in [0.25, 0.3) is 11.0 Å². The van der Waals surface area contributed by atoms with Gasteiger partial charge in [0, 0.05) is 41.5 Å². The van der Waals surface area contributed by atoms with Gasteiger partial charge < -0.3 is 35.1 Å². The van der Waals surface area contributed by atoms with Crippen LogP contribution < -0.4 is 21.0 Å². The van der Waals surface area contributed by atoms with Gasteiger partial charge in [-0.05, 0) is 36.8 Å². The molecular formula is C31H29FN6O9S2. The molecule has 256 valence electrons. The molecule has 2 saturated heterocycles. The number of aliphatic carboxylic acids is 1. The second-order valence-electron chi connectivity index (χ2n) is 12.1. The molecule has 0 radical (unpaired) electrons. The first-order chi connectivity index (χ1) is 23.5. The fraction of sp³-hybridized carbons (Fsp3) is 0.387. The number of carboxylic acids is 2. The molecule has 4 aliphatic rings. The number of carbonyl (C=O) groups excluding carboxylic acids is 3. The highest BCUT2D eigenvalue weighted by atomic mass is 32.2. The number of nitrogens with one attached hydrogen (secondary N) is 2. The van der Waals surface area contributed by atoms with Crippen molar-refractivity contribution in [1.29, 1.82) is 0 Å². The number of hydrogen-bond donors (Lipinski definition) is 4. The Morgan fingerprint density at radius 2 is 1.90 bits per heavy atom. The predicted molar refractivity (Wildman–Crippen MR) is 174 cm³/mol. The molecule has 15 nitrogen and oxygen atoms in total. The summed E-state index contributed by atoms with van der Waals surface area (Å²) in [6, 6.07) is 3.25. The Morgan fingerprint density at radius 3 is 2.59 bits per heavy atom. The summed E-state index contributed by atoms with van der Waals surface area (Å²) in [5, 5.41) is 25.9. The minimum absolute atomic E-state index is 0.0349. The normalized spacial score (nSPS) is 21.7. The highest BCUT2D eigenvalue weighted by Crippen LogP contribution is 2.41.